The number of nitrogens with zero attached hydrogens (tertiary/aromatic N) is 5. The van der Waals surface area contributed by atoms with E-state index in [0.717, 1.165) is 12.3 Å². The van der Waals surface area contributed by atoms with Crippen molar-refractivity contribution >= 4 is 34.4 Å². The Balaban J connectivity index is 1.63. The second-order valence-electron chi connectivity index (χ2n) is 8.51. The van der Waals surface area contributed by atoms with Crippen molar-refractivity contribution in [2.75, 3.05) is 5.32 Å². The van der Waals surface area contributed by atoms with Crippen LogP contribution in [-0.4, -0.2) is 42.2 Å². The van der Waals surface area contributed by atoms with Gasteiger partial charge in [-0.1, -0.05) is 22.8 Å². The maximum absolute atomic E-state index is 13.3. The van der Waals surface area contributed by atoms with Gasteiger partial charge in [0, 0.05) is 22.8 Å². The van der Waals surface area contributed by atoms with Gasteiger partial charge in [-0.15, -0.1) is 5.10 Å². The molecule has 9 nitrogen and oxygen atoms in total. The van der Waals surface area contributed by atoms with Crippen LogP contribution >= 0.6 is 11.6 Å². The van der Waals surface area contributed by atoms with Crippen LogP contribution in [0.25, 0.3) is 27.8 Å². The van der Waals surface area contributed by atoms with Crippen molar-refractivity contribution in [1.82, 2.24) is 30.2 Å². The first kappa shape index (κ1) is 25.2. The molecular weight excluding hydrogens is 523 g/mol. The molecule has 13 heteroatoms. The second-order valence-corrected chi connectivity index (χ2v) is 8.89. The summed E-state index contributed by atoms with van der Waals surface area (Å²) >= 11 is 6.75. The Hall–Kier alpha value is -4.45. The summed E-state index contributed by atoms with van der Waals surface area (Å²) in [6.07, 6.45) is -3.74. The van der Waals surface area contributed by atoms with Crippen LogP contribution in [0.2, 0.25) is 5.02 Å². The number of anilines is 1. The molecule has 0 spiro atoms. The van der Waals surface area contributed by atoms with Crippen molar-refractivity contribution in [1.29, 1.82) is 0 Å². The summed E-state index contributed by atoms with van der Waals surface area (Å²) in [5.41, 5.74) is 1.30. The first-order valence-corrected chi connectivity index (χ1v) is 11.7. The minimum Gasteiger partial charge on any atom is -0.491 e. The van der Waals surface area contributed by atoms with E-state index < -0.39 is 17.6 Å². The number of amides is 1. The number of ether oxygens (including phenoxy) is 1. The Kier molecular flexibility index (Phi) is 6.49. The molecule has 194 valence electrons. The number of carbonyl (C=O) groups is 1. The van der Waals surface area contributed by atoms with Gasteiger partial charge in [0.1, 0.15) is 11.4 Å². The Bertz CT molecular complexity index is 1600. The van der Waals surface area contributed by atoms with Gasteiger partial charge >= 0.3 is 6.18 Å². The zero-order chi connectivity index (χ0) is 27.0. The summed E-state index contributed by atoms with van der Waals surface area (Å²) in [4.78, 5) is 17.3. The van der Waals surface area contributed by atoms with E-state index >= 15 is 0 Å². The smallest absolute Gasteiger partial charge is 0.417 e. The zero-order valence-electron chi connectivity index (χ0n) is 19.9. The van der Waals surface area contributed by atoms with E-state index in [2.05, 4.69) is 30.9 Å². The molecule has 0 aliphatic heterocycles. The van der Waals surface area contributed by atoms with Crippen LogP contribution < -0.4 is 10.1 Å². The lowest BCUT2D eigenvalue weighted by molar-refractivity contribution is -0.137. The predicted molar refractivity (Wildman–Crippen MR) is 134 cm³/mol. The third-order valence-electron chi connectivity index (χ3n) is 5.54. The maximum Gasteiger partial charge on any atom is 0.417 e. The molecule has 0 saturated heterocycles. The molecule has 0 bridgehead atoms. The van der Waals surface area contributed by atoms with Crippen LogP contribution in [0.1, 0.15) is 29.9 Å². The highest BCUT2D eigenvalue weighted by Gasteiger charge is 2.31. The molecule has 2 N–H and O–H groups in total. The summed E-state index contributed by atoms with van der Waals surface area (Å²) < 4.78 is 46.3. The summed E-state index contributed by atoms with van der Waals surface area (Å²) in [5.74, 6) is 0.0160. The lowest BCUT2D eigenvalue weighted by Crippen LogP contribution is -2.17. The normalized spacial score (nSPS) is 11.8. The van der Waals surface area contributed by atoms with Gasteiger partial charge < -0.3 is 9.30 Å². The standard InChI is InChI=1S/C25H19ClF3N7O2/c1-13(2)38-17-7-5-16(6-8-17)36-20-10-3-14(19-9-4-15(12-30-19)25(27,28)29)11-18(20)21(26)22(36)23(37)31-24-32-34-35-33-24/h3-13H,1-2H3,(H2,31,32,33,34,35,37). The van der Waals surface area contributed by atoms with Crippen molar-refractivity contribution in [3.63, 3.8) is 0 Å². The lowest BCUT2D eigenvalue weighted by atomic mass is 10.1. The van der Waals surface area contributed by atoms with Crippen LogP contribution in [0.15, 0.2) is 60.8 Å². The van der Waals surface area contributed by atoms with Crippen LogP contribution in [0.4, 0.5) is 19.1 Å². The van der Waals surface area contributed by atoms with Crippen LogP contribution in [0.5, 0.6) is 5.75 Å². The molecule has 0 aliphatic carbocycles. The summed E-state index contributed by atoms with van der Waals surface area (Å²) in [6, 6.07) is 14.4. The number of nitrogens with one attached hydrogen (secondary N) is 2. The fourth-order valence-corrected chi connectivity index (χ4v) is 4.26. The van der Waals surface area contributed by atoms with Gasteiger partial charge in [-0.3, -0.25) is 15.1 Å². The largest absolute Gasteiger partial charge is 0.491 e. The van der Waals surface area contributed by atoms with Gasteiger partial charge in [-0.05, 0) is 67.6 Å². The molecule has 0 aliphatic rings. The topological polar surface area (TPSA) is 111 Å². The van der Waals surface area contributed by atoms with Gasteiger partial charge in [-0.25, -0.2) is 0 Å². The van der Waals surface area contributed by atoms with E-state index in [0.29, 0.717) is 33.6 Å². The van der Waals surface area contributed by atoms with Crippen molar-refractivity contribution in [2.24, 2.45) is 0 Å². The Morgan fingerprint density at radius 2 is 1.87 bits per heavy atom. The molecule has 3 aromatic heterocycles. The average Bonchev–Trinajstić information content (AvgIpc) is 3.49. The van der Waals surface area contributed by atoms with Crippen LogP contribution in [0.3, 0.4) is 0 Å². The van der Waals surface area contributed by atoms with Gasteiger partial charge in [-0.2, -0.15) is 18.4 Å². The van der Waals surface area contributed by atoms with E-state index in [1.807, 2.05) is 13.8 Å². The van der Waals surface area contributed by atoms with Crippen molar-refractivity contribution in [3.05, 3.63) is 77.1 Å². The molecule has 5 aromatic rings. The first-order chi connectivity index (χ1) is 18.1. The number of hydrogen-bond donors (Lipinski definition) is 2. The van der Waals surface area contributed by atoms with E-state index in [1.165, 1.54) is 6.07 Å². The Labute approximate surface area is 218 Å². The highest BCUT2D eigenvalue weighted by atomic mass is 35.5. The molecule has 1 amide bonds. The number of hydrogen-bond acceptors (Lipinski definition) is 6. The summed E-state index contributed by atoms with van der Waals surface area (Å²) in [5, 5.41) is 16.4. The van der Waals surface area contributed by atoms with Gasteiger partial charge in [0.25, 0.3) is 11.9 Å². The third kappa shape index (κ3) is 4.90. The average molecular weight is 542 g/mol. The summed E-state index contributed by atoms with van der Waals surface area (Å²) in [7, 11) is 0. The molecule has 5 rings (SSSR count). The molecule has 0 fully saturated rings. The molecule has 38 heavy (non-hydrogen) atoms. The minimum absolute atomic E-state index is 0.0174. The molecule has 0 atom stereocenters. The van der Waals surface area contributed by atoms with Gasteiger partial charge in [0.05, 0.1) is 27.9 Å². The molecule has 0 unspecified atom stereocenters. The Morgan fingerprint density at radius 1 is 1.11 bits per heavy atom. The molecule has 2 aromatic carbocycles. The number of H-pyrrole nitrogens is 1. The van der Waals surface area contributed by atoms with E-state index in [1.54, 1.807) is 47.0 Å². The molecule has 0 radical (unpaired) electrons. The fraction of sp³-hybridized carbons (Fsp3) is 0.160. The zero-order valence-corrected chi connectivity index (χ0v) is 20.7. The highest BCUT2D eigenvalue weighted by Crippen LogP contribution is 2.37. The van der Waals surface area contributed by atoms with Crippen LogP contribution in [-0.2, 0) is 6.18 Å². The predicted octanol–water partition coefficient (Wildman–Crippen LogP) is 5.92. The van der Waals surface area contributed by atoms with E-state index in [9.17, 15) is 18.0 Å². The fourth-order valence-electron chi connectivity index (χ4n) is 3.94. The molecular formula is C25H19ClF3N7O2. The number of rotatable bonds is 6. The molecule has 0 saturated carbocycles. The monoisotopic (exact) mass is 541 g/mol. The van der Waals surface area contributed by atoms with Crippen molar-refractivity contribution in [3.8, 4) is 22.7 Å². The SMILES string of the molecule is CC(C)Oc1ccc(-n2c(C(=O)Nc3nn[nH]n3)c(Cl)c3cc(-c4ccc(C(F)(F)F)cn4)ccc32)cc1. The van der Waals surface area contributed by atoms with Gasteiger partial charge in [0.2, 0.25) is 0 Å². The highest BCUT2D eigenvalue weighted by molar-refractivity contribution is 6.39. The number of benzene rings is 2. The number of aromatic amines is 1. The van der Waals surface area contributed by atoms with Gasteiger partial charge in [0.15, 0.2) is 0 Å². The quantitative estimate of drug-likeness (QED) is 0.276. The first-order valence-electron chi connectivity index (χ1n) is 11.3. The lowest BCUT2D eigenvalue weighted by Gasteiger charge is -2.13. The van der Waals surface area contributed by atoms with E-state index in [-0.39, 0.29) is 22.8 Å². The van der Waals surface area contributed by atoms with Crippen molar-refractivity contribution in [2.45, 2.75) is 26.1 Å². The third-order valence-corrected chi connectivity index (χ3v) is 5.93. The van der Waals surface area contributed by atoms with Crippen molar-refractivity contribution < 1.29 is 22.7 Å². The number of alkyl halides is 3. The second kappa shape index (κ2) is 9.78. The Morgan fingerprint density at radius 3 is 2.47 bits per heavy atom. The van der Waals surface area contributed by atoms with Crippen LogP contribution in [0, 0.1) is 0 Å². The minimum atomic E-state index is -4.49. The number of tetrazole rings is 1. The number of halogens is 4. The number of carbonyl (C=O) groups excluding carboxylic acids is 1. The summed E-state index contributed by atoms with van der Waals surface area (Å²) in [6.45, 7) is 3.83. The maximum atomic E-state index is 13.3. The number of pyridine rings is 1. The van der Waals surface area contributed by atoms with E-state index in [4.69, 9.17) is 16.3 Å². The molecule has 3 heterocycles. The number of fused-ring (bicyclic) bond motifs is 1. The number of aromatic nitrogens is 6.